The molecule has 0 bridgehead atoms. The van der Waals surface area contributed by atoms with Crippen LogP contribution in [0.15, 0.2) is 35.7 Å². The Labute approximate surface area is 126 Å². The molecule has 0 radical (unpaired) electrons. The second-order valence-corrected chi connectivity index (χ2v) is 5.73. The summed E-state index contributed by atoms with van der Waals surface area (Å²) in [6, 6.07) is 10.3. The van der Waals surface area contributed by atoms with Crippen LogP contribution in [-0.2, 0) is 0 Å². The van der Waals surface area contributed by atoms with Gasteiger partial charge in [-0.1, -0.05) is 18.2 Å². The van der Waals surface area contributed by atoms with E-state index in [-0.39, 0.29) is 6.04 Å². The number of anilines is 2. The number of hydrogen-bond acceptors (Lipinski definition) is 6. The van der Waals surface area contributed by atoms with E-state index in [0.29, 0.717) is 12.6 Å². The zero-order valence-electron chi connectivity index (χ0n) is 11.5. The van der Waals surface area contributed by atoms with Crippen LogP contribution in [0, 0.1) is 0 Å². The quantitative estimate of drug-likeness (QED) is 0.777. The van der Waals surface area contributed by atoms with Crippen molar-refractivity contribution in [2.24, 2.45) is 0 Å². The summed E-state index contributed by atoms with van der Waals surface area (Å²) in [4.78, 5) is 9.98. The summed E-state index contributed by atoms with van der Waals surface area (Å²) in [6.45, 7) is 0.615. The van der Waals surface area contributed by atoms with Gasteiger partial charge >= 0.3 is 0 Å². The van der Waals surface area contributed by atoms with E-state index in [0.717, 1.165) is 21.8 Å². The summed E-state index contributed by atoms with van der Waals surface area (Å²) in [5.74, 6) is 2.41. The maximum Gasteiger partial charge on any atom is 0.225 e. The Morgan fingerprint density at radius 1 is 1.24 bits per heavy atom. The number of aromatic nitrogens is 2. The van der Waals surface area contributed by atoms with Crippen LogP contribution in [0.4, 0.5) is 11.8 Å². The SMILES string of the molecule is CNc1nc(NC2COc3ccccc32)c2ccsc2n1. The van der Waals surface area contributed by atoms with Crippen molar-refractivity contribution >= 4 is 33.3 Å². The van der Waals surface area contributed by atoms with Crippen LogP contribution in [-0.4, -0.2) is 23.6 Å². The topological polar surface area (TPSA) is 59.1 Å². The number of ether oxygens (including phenoxy) is 1. The number of para-hydroxylation sites is 1. The van der Waals surface area contributed by atoms with Gasteiger partial charge in [0, 0.05) is 12.6 Å². The molecule has 3 heterocycles. The fourth-order valence-electron chi connectivity index (χ4n) is 2.52. The summed E-state index contributed by atoms with van der Waals surface area (Å²) in [5, 5.41) is 9.57. The third kappa shape index (κ3) is 2.08. The molecule has 106 valence electrons. The number of benzene rings is 1. The van der Waals surface area contributed by atoms with E-state index in [1.54, 1.807) is 11.3 Å². The molecule has 6 heteroatoms. The Kier molecular flexibility index (Phi) is 2.89. The van der Waals surface area contributed by atoms with Crippen molar-refractivity contribution in [3.8, 4) is 5.75 Å². The van der Waals surface area contributed by atoms with Gasteiger partial charge in [-0.25, -0.2) is 4.98 Å². The minimum absolute atomic E-state index is 0.115. The van der Waals surface area contributed by atoms with Crippen LogP contribution >= 0.6 is 11.3 Å². The van der Waals surface area contributed by atoms with Gasteiger partial charge in [0.05, 0.1) is 11.4 Å². The van der Waals surface area contributed by atoms with Gasteiger partial charge in [0.15, 0.2) is 0 Å². The maximum atomic E-state index is 5.71. The third-order valence-corrected chi connectivity index (χ3v) is 4.37. The first kappa shape index (κ1) is 12.4. The van der Waals surface area contributed by atoms with Crippen LogP contribution in [0.2, 0.25) is 0 Å². The second kappa shape index (κ2) is 4.89. The standard InChI is InChI=1S/C15H14N4OS/c1-16-15-18-13(10-6-7-21-14(10)19-15)17-11-8-20-12-5-3-2-4-9(11)12/h2-7,11H,8H2,1H3,(H2,16,17,18,19). The molecule has 2 N–H and O–H groups in total. The first-order valence-electron chi connectivity index (χ1n) is 6.76. The molecule has 1 atom stereocenters. The van der Waals surface area contributed by atoms with Crippen LogP contribution in [0.1, 0.15) is 11.6 Å². The zero-order chi connectivity index (χ0) is 14.2. The van der Waals surface area contributed by atoms with Gasteiger partial charge in [0.1, 0.15) is 23.0 Å². The highest BCUT2D eigenvalue weighted by molar-refractivity contribution is 7.16. The van der Waals surface area contributed by atoms with E-state index >= 15 is 0 Å². The molecule has 0 saturated heterocycles. The molecule has 0 saturated carbocycles. The monoisotopic (exact) mass is 298 g/mol. The zero-order valence-corrected chi connectivity index (χ0v) is 12.3. The molecule has 0 spiro atoms. The highest BCUT2D eigenvalue weighted by Gasteiger charge is 2.24. The molecule has 4 rings (SSSR count). The fourth-order valence-corrected chi connectivity index (χ4v) is 3.29. The Hall–Kier alpha value is -2.34. The number of nitrogens with zero attached hydrogens (tertiary/aromatic N) is 2. The number of thiophene rings is 1. The smallest absolute Gasteiger partial charge is 0.225 e. The fraction of sp³-hybridized carbons (Fsp3) is 0.200. The molecule has 0 aliphatic carbocycles. The molecular formula is C15H14N4OS. The summed E-state index contributed by atoms with van der Waals surface area (Å²) in [5.41, 5.74) is 1.17. The van der Waals surface area contributed by atoms with Crippen molar-refractivity contribution in [3.63, 3.8) is 0 Å². The lowest BCUT2D eigenvalue weighted by Crippen LogP contribution is -2.14. The molecule has 1 aromatic carbocycles. The predicted molar refractivity (Wildman–Crippen MR) is 85.3 cm³/mol. The number of hydrogen-bond donors (Lipinski definition) is 2. The molecule has 1 aliphatic heterocycles. The molecule has 1 unspecified atom stereocenters. The highest BCUT2D eigenvalue weighted by Crippen LogP contribution is 2.35. The third-order valence-electron chi connectivity index (χ3n) is 3.56. The van der Waals surface area contributed by atoms with Crippen molar-refractivity contribution in [1.29, 1.82) is 0 Å². The number of nitrogens with one attached hydrogen (secondary N) is 2. The van der Waals surface area contributed by atoms with E-state index in [1.807, 2.05) is 36.7 Å². The van der Waals surface area contributed by atoms with Crippen LogP contribution in [0.3, 0.4) is 0 Å². The van der Waals surface area contributed by atoms with E-state index in [9.17, 15) is 0 Å². The van der Waals surface area contributed by atoms with E-state index in [1.165, 1.54) is 5.56 Å². The van der Waals surface area contributed by atoms with Crippen LogP contribution in [0.25, 0.3) is 10.2 Å². The molecule has 1 aliphatic rings. The largest absolute Gasteiger partial charge is 0.491 e. The average Bonchev–Trinajstić information content (AvgIpc) is 3.14. The predicted octanol–water partition coefficient (Wildman–Crippen LogP) is 3.28. The first-order valence-corrected chi connectivity index (χ1v) is 7.64. The average molecular weight is 298 g/mol. The Morgan fingerprint density at radius 2 is 2.14 bits per heavy atom. The lowest BCUT2D eigenvalue weighted by atomic mass is 10.1. The molecule has 21 heavy (non-hydrogen) atoms. The van der Waals surface area contributed by atoms with Crippen molar-refractivity contribution in [2.45, 2.75) is 6.04 Å². The Morgan fingerprint density at radius 3 is 3.05 bits per heavy atom. The molecular weight excluding hydrogens is 284 g/mol. The summed E-state index contributed by atoms with van der Waals surface area (Å²) < 4.78 is 5.71. The molecule has 0 fully saturated rings. The lowest BCUT2D eigenvalue weighted by Gasteiger charge is -2.14. The van der Waals surface area contributed by atoms with E-state index < -0.39 is 0 Å². The van der Waals surface area contributed by atoms with Crippen molar-refractivity contribution in [2.75, 3.05) is 24.3 Å². The number of fused-ring (bicyclic) bond motifs is 2. The number of rotatable bonds is 3. The van der Waals surface area contributed by atoms with Gasteiger partial charge < -0.3 is 15.4 Å². The first-order chi connectivity index (χ1) is 10.3. The van der Waals surface area contributed by atoms with E-state index in [2.05, 4.69) is 26.7 Å². The van der Waals surface area contributed by atoms with Gasteiger partial charge in [-0.3, -0.25) is 0 Å². The summed E-state index contributed by atoms with van der Waals surface area (Å²) in [6.07, 6.45) is 0. The van der Waals surface area contributed by atoms with Crippen molar-refractivity contribution in [1.82, 2.24) is 9.97 Å². The van der Waals surface area contributed by atoms with Gasteiger partial charge in [0.25, 0.3) is 0 Å². The minimum Gasteiger partial charge on any atom is -0.491 e. The maximum absolute atomic E-state index is 5.71. The van der Waals surface area contributed by atoms with Crippen LogP contribution in [0.5, 0.6) is 5.75 Å². The molecule has 5 nitrogen and oxygen atoms in total. The molecule has 2 aromatic heterocycles. The van der Waals surface area contributed by atoms with Crippen molar-refractivity contribution < 1.29 is 4.74 Å². The van der Waals surface area contributed by atoms with Gasteiger partial charge in [-0.15, -0.1) is 11.3 Å². The summed E-state index contributed by atoms with van der Waals surface area (Å²) >= 11 is 1.61. The second-order valence-electron chi connectivity index (χ2n) is 4.83. The van der Waals surface area contributed by atoms with Gasteiger partial charge in [-0.2, -0.15) is 4.98 Å². The van der Waals surface area contributed by atoms with Crippen molar-refractivity contribution in [3.05, 3.63) is 41.3 Å². The molecule has 0 amide bonds. The minimum atomic E-state index is 0.115. The Bertz CT molecular complexity index is 801. The van der Waals surface area contributed by atoms with Crippen LogP contribution < -0.4 is 15.4 Å². The van der Waals surface area contributed by atoms with Gasteiger partial charge in [0.2, 0.25) is 5.95 Å². The highest BCUT2D eigenvalue weighted by atomic mass is 32.1. The summed E-state index contributed by atoms with van der Waals surface area (Å²) in [7, 11) is 1.83. The van der Waals surface area contributed by atoms with E-state index in [4.69, 9.17) is 4.74 Å². The lowest BCUT2D eigenvalue weighted by molar-refractivity contribution is 0.339. The Balaban J connectivity index is 1.73. The molecule has 3 aromatic rings. The van der Waals surface area contributed by atoms with Gasteiger partial charge in [-0.05, 0) is 17.5 Å². The normalized spacial score (nSPS) is 16.5.